The Balaban J connectivity index is 1.11. The van der Waals surface area contributed by atoms with Crippen LogP contribution in [0, 0.1) is 5.92 Å². The number of para-hydroxylation sites is 2. The number of carbonyl (C=O) groups excluding carboxylic acids is 4. The van der Waals surface area contributed by atoms with Crippen LogP contribution in [0.25, 0.3) is 0 Å². The fraction of sp³-hybridized carbons (Fsp3) is 0.176. The number of anilines is 1. The van der Waals surface area contributed by atoms with E-state index in [2.05, 4.69) is 0 Å². The second-order valence-electron chi connectivity index (χ2n) is 9.83. The van der Waals surface area contributed by atoms with Gasteiger partial charge in [-0.2, -0.15) is 0 Å². The summed E-state index contributed by atoms with van der Waals surface area (Å²) in [5.74, 6) is -0.101. The van der Waals surface area contributed by atoms with E-state index in [0.717, 1.165) is 0 Å². The number of benzene rings is 4. The van der Waals surface area contributed by atoms with Gasteiger partial charge >= 0.3 is 11.9 Å². The molecule has 1 heterocycles. The van der Waals surface area contributed by atoms with Gasteiger partial charge in [0.15, 0.2) is 23.9 Å². The molecule has 1 atom stereocenters. The number of carbonyl (C=O) groups is 4. The lowest BCUT2D eigenvalue weighted by molar-refractivity contribution is -0.147. The van der Waals surface area contributed by atoms with Crippen LogP contribution in [0.5, 0.6) is 28.7 Å². The number of Topliss-reactive ketones (excluding diaryl/α,β-unsaturated/α-hetero) is 1. The van der Waals surface area contributed by atoms with Crippen molar-refractivity contribution >= 4 is 29.3 Å². The first-order valence-corrected chi connectivity index (χ1v) is 13.7. The smallest absolute Gasteiger partial charge is 0.343 e. The molecule has 0 aromatic heterocycles. The van der Waals surface area contributed by atoms with Crippen molar-refractivity contribution in [3.05, 3.63) is 108 Å². The molecule has 1 fully saturated rings. The zero-order valence-electron chi connectivity index (χ0n) is 24.1. The number of ketones is 1. The van der Waals surface area contributed by atoms with E-state index in [0.29, 0.717) is 34.2 Å². The standard InChI is InChI=1S/C34H29NO9/c1-40-28-7-5-6-23(18-28)34(39)44-27-14-10-22(11-15-27)29(36)21-42-33(38)24-19-32(37)35(20-24)25-12-16-26(17-13-25)43-31-9-4-3-8-30(31)41-2/h3-18,24H,19-21H2,1-2H3. The van der Waals surface area contributed by atoms with Gasteiger partial charge in [-0.1, -0.05) is 18.2 Å². The van der Waals surface area contributed by atoms with Crippen molar-refractivity contribution in [2.75, 3.05) is 32.3 Å². The molecule has 0 aliphatic carbocycles. The van der Waals surface area contributed by atoms with E-state index < -0.39 is 30.2 Å². The Kier molecular flexibility index (Phi) is 9.19. The van der Waals surface area contributed by atoms with Crippen LogP contribution in [0.4, 0.5) is 5.69 Å². The number of ether oxygens (including phenoxy) is 5. The number of nitrogens with zero attached hydrogens (tertiary/aromatic N) is 1. The highest BCUT2D eigenvalue weighted by atomic mass is 16.5. The van der Waals surface area contributed by atoms with Gasteiger partial charge in [-0.3, -0.25) is 14.4 Å². The van der Waals surface area contributed by atoms with E-state index in [9.17, 15) is 19.2 Å². The maximum atomic E-state index is 12.7. The molecule has 10 heteroatoms. The summed E-state index contributed by atoms with van der Waals surface area (Å²) in [6.45, 7) is -0.354. The maximum Gasteiger partial charge on any atom is 0.343 e. The molecule has 1 amide bonds. The molecular weight excluding hydrogens is 566 g/mol. The van der Waals surface area contributed by atoms with E-state index in [4.69, 9.17) is 23.7 Å². The topological polar surface area (TPSA) is 118 Å². The number of hydrogen-bond donors (Lipinski definition) is 0. The van der Waals surface area contributed by atoms with Crippen LogP contribution in [-0.4, -0.2) is 51.0 Å². The Morgan fingerprint density at radius 3 is 2.16 bits per heavy atom. The predicted octanol–water partition coefficient (Wildman–Crippen LogP) is 5.49. The lowest BCUT2D eigenvalue weighted by Gasteiger charge is -2.17. The third-order valence-electron chi connectivity index (χ3n) is 6.94. The average molecular weight is 596 g/mol. The molecule has 0 radical (unpaired) electrons. The molecule has 0 bridgehead atoms. The van der Waals surface area contributed by atoms with Gasteiger partial charge in [0.25, 0.3) is 0 Å². The molecule has 224 valence electrons. The minimum absolute atomic E-state index is 0.0279. The number of amides is 1. The van der Waals surface area contributed by atoms with Gasteiger partial charge < -0.3 is 28.6 Å². The highest BCUT2D eigenvalue weighted by Crippen LogP contribution is 2.33. The van der Waals surface area contributed by atoms with E-state index in [1.165, 1.54) is 36.3 Å². The Morgan fingerprint density at radius 1 is 0.750 bits per heavy atom. The van der Waals surface area contributed by atoms with Crippen molar-refractivity contribution < 1.29 is 42.9 Å². The number of methoxy groups -OCH3 is 2. The maximum absolute atomic E-state index is 12.7. The fourth-order valence-electron chi connectivity index (χ4n) is 4.60. The van der Waals surface area contributed by atoms with Crippen LogP contribution in [0.3, 0.4) is 0 Å². The molecule has 4 aromatic rings. The minimum Gasteiger partial charge on any atom is -0.497 e. The normalized spacial score (nSPS) is 14.1. The third kappa shape index (κ3) is 7.04. The molecule has 1 unspecified atom stereocenters. The van der Waals surface area contributed by atoms with Crippen molar-refractivity contribution in [1.29, 1.82) is 0 Å². The molecule has 5 rings (SSSR count). The summed E-state index contributed by atoms with van der Waals surface area (Å²) in [6.07, 6.45) is -0.0279. The minimum atomic E-state index is -0.710. The van der Waals surface area contributed by atoms with E-state index in [1.807, 2.05) is 12.1 Å². The highest BCUT2D eigenvalue weighted by Gasteiger charge is 2.36. The molecule has 44 heavy (non-hydrogen) atoms. The molecule has 10 nitrogen and oxygen atoms in total. The van der Waals surface area contributed by atoms with Crippen LogP contribution >= 0.6 is 0 Å². The second kappa shape index (κ2) is 13.6. The second-order valence-corrected chi connectivity index (χ2v) is 9.83. The molecule has 1 aliphatic rings. The van der Waals surface area contributed by atoms with Crippen LogP contribution in [-0.2, 0) is 14.3 Å². The Bertz CT molecular complexity index is 1670. The van der Waals surface area contributed by atoms with Crippen LogP contribution in [0.1, 0.15) is 27.1 Å². The number of esters is 2. The van der Waals surface area contributed by atoms with E-state index >= 15 is 0 Å². The molecule has 4 aromatic carbocycles. The van der Waals surface area contributed by atoms with Gasteiger partial charge in [-0.25, -0.2) is 4.79 Å². The van der Waals surface area contributed by atoms with Gasteiger partial charge in [0.1, 0.15) is 17.2 Å². The highest BCUT2D eigenvalue weighted by molar-refractivity contribution is 6.01. The lowest BCUT2D eigenvalue weighted by atomic mass is 10.1. The Hall–Kier alpha value is -5.64. The predicted molar refractivity (Wildman–Crippen MR) is 160 cm³/mol. The molecule has 1 aliphatic heterocycles. The van der Waals surface area contributed by atoms with Gasteiger partial charge in [-0.15, -0.1) is 0 Å². The summed E-state index contributed by atoms with van der Waals surface area (Å²) in [4.78, 5) is 52.0. The molecule has 0 saturated carbocycles. The zero-order chi connectivity index (χ0) is 31.1. The van der Waals surface area contributed by atoms with Gasteiger partial charge in [0, 0.05) is 24.2 Å². The SMILES string of the molecule is COc1cccc(C(=O)Oc2ccc(C(=O)COC(=O)C3CC(=O)N(c4ccc(Oc5ccccc5OC)cc4)C3)cc2)c1. The van der Waals surface area contributed by atoms with Crippen molar-refractivity contribution in [3.8, 4) is 28.7 Å². The fourth-order valence-corrected chi connectivity index (χ4v) is 4.60. The van der Waals surface area contributed by atoms with Gasteiger partial charge in [0.05, 0.1) is 25.7 Å². The first-order chi connectivity index (χ1) is 21.3. The first-order valence-electron chi connectivity index (χ1n) is 13.7. The third-order valence-corrected chi connectivity index (χ3v) is 6.94. The van der Waals surface area contributed by atoms with Crippen LogP contribution in [0.15, 0.2) is 97.1 Å². The summed E-state index contributed by atoms with van der Waals surface area (Å²) >= 11 is 0. The first kappa shape index (κ1) is 29.8. The van der Waals surface area contributed by atoms with Crippen molar-refractivity contribution in [1.82, 2.24) is 0 Å². The van der Waals surface area contributed by atoms with Crippen molar-refractivity contribution in [2.45, 2.75) is 6.42 Å². The summed E-state index contributed by atoms with van der Waals surface area (Å²) in [5, 5.41) is 0. The Labute approximate surface area is 253 Å². The van der Waals surface area contributed by atoms with Crippen LogP contribution < -0.4 is 23.8 Å². The monoisotopic (exact) mass is 595 g/mol. The van der Waals surface area contributed by atoms with Crippen molar-refractivity contribution in [3.63, 3.8) is 0 Å². The molecule has 0 N–H and O–H groups in total. The van der Waals surface area contributed by atoms with Crippen molar-refractivity contribution in [2.24, 2.45) is 5.92 Å². The molecule has 0 spiro atoms. The molecule has 1 saturated heterocycles. The summed E-state index contributed by atoms with van der Waals surface area (Å²) in [7, 11) is 3.06. The van der Waals surface area contributed by atoms with Crippen LogP contribution in [0.2, 0.25) is 0 Å². The lowest BCUT2D eigenvalue weighted by Crippen LogP contribution is -2.27. The average Bonchev–Trinajstić information content (AvgIpc) is 3.45. The largest absolute Gasteiger partial charge is 0.497 e. The summed E-state index contributed by atoms with van der Waals surface area (Å²) < 4.78 is 26.9. The molecular formula is C34H29NO9. The van der Waals surface area contributed by atoms with E-state index in [1.54, 1.807) is 67.8 Å². The van der Waals surface area contributed by atoms with E-state index in [-0.39, 0.29) is 30.2 Å². The zero-order valence-corrected chi connectivity index (χ0v) is 24.1. The quantitative estimate of drug-likeness (QED) is 0.126. The van der Waals surface area contributed by atoms with Gasteiger partial charge in [-0.05, 0) is 78.9 Å². The number of rotatable bonds is 11. The summed E-state index contributed by atoms with van der Waals surface area (Å²) in [6, 6.07) is 26.6. The Morgan fingerprint density at radius 2 is 1.45 bits per heavy atom. The summed E-state index contributed by atoms with van der Waals surface area (Å²) in [5.41, 5.74) is 1.20. The number of hydrogen-bond acceptors (Lipinski definition) is 9. The van der Waals surface area contributed by atoms with Gasteiger partial charge in [0.2, 0.25) is 5.91 Å².